The van der Waals surface area contributed by atoms with E-state index in [4.69, 9.17) is 0 Å². The maximum absolute atomic E-state index is 13.0. The molecule has 2 aromatic carbocycles. The van der Waals surface area contributed by atoms with Crippen LogP contribution in [0.25, 0.3) is 0 Å². The Morgan fingerprint density at radius 3 is 2.16 bits per heavy atom. The van der Waals surface area contributed by atoms with Gasteiger partial charge in [0.2, 0.25) is 0 Å². The Kier molecular flexibility index (Phi) is 5.25. The minimum absolute atomic E-state index is 0.158. The summed E-state index contributed by atoms with van der Waals surface area (Å²) in [5.74, 6) is 2.80. The zero-order valence-electron chi connectivity index (χ0n) is 14.0. The molecule has 3 atom stereocenters. The van der Waals surface area contributed by atoms with Crippen LogP contribution in [0.2, 0.25) is 0 Å². The summed E-state index contributed by atoms with van der Waals surface area (Å²) >= 11 is 3.76. The average Bonchev–Trinajstić information content (AvgIpc) is 3.14. The van der Waals surface area contributed by atoms with E-state index >= 15 is 0 Å². The fraction of sp³-hybridized carbons (Fsp3) is 0.400. The summed E-state index contributed by atoms with van der Waals surface area (Å²) < 4.78 is 13.0. The van der Waals surface area contributed by atoms with Gasteiger partial charge in [0, 0.05) is 34.0 Å². The molecule has 1 N–H and O–H groups in total. The third-order valence-electron chi connectivity index (χ3n) is 5.15. The van der Waals surface area contributed by atoms with Crippen molar-refractivity contribution >= 4 is 23.5 Å². The van der Waals surface area contributed by atoms with Crippen molar-refractivity contribution in [2.75, 3.05) is 19.0 Å². The first-order valence-corrected chi connectivity index (χ1v) is 10.6. The number of fused-ring (bicyclic) bond motifs is 1. The number of thioether (sulfide) groups is 2. The van der Waals surface area contributed by atoms with Gasteiger partial charge in [-0.1, -0.05) is 0 Å². The SMILES string of the molecule is Oc1ccc(SCN2C[C@H]3CC(Sc4ccc(F)cc4)C[C@H]3C2)cc1. The molecular formula is C20H22FNOS2. The summed E-state index contributed by atoms with van der Waals surface area (Å²) in [6.07, 6.45) is 2.54. The lowest BCUT2D eigenvalue weighted by molar-refractivity contribution is 0.365. The second kappa shape index (κ2) is 7.60. The Balaban J connectivity index is 1.24. The van der Waals surface area contributed by atoms with Crippen LogP contribution in [0.15, 0.2) is 58.3 Å². The Morgan fingerprint density at radius 2 is 1.52 bits per heavy atom. The third kappa shape index (κ3) is 4.33. The van der Waals surface area contributed by atoms with Crippen LogP contribution in [0.3, 0.4) is 0 Å². The first-order chi connectivity index (χ1) is 12.2. The normalized spacial score (nSPS) is 26.0. The second-order valence-electron chi connectivity index (χ2n) is 6.99. The van der Waals surface area contributed by atoms with Gasteiger partial charge < -0.3 is 5.11 Å². The van der Waals surface area contributed by atoms with Crippen molar-refractivity contribution in [2.24, 2.45) is 11.8 Å². The van der Waals surface area contributed by atoms with E-state index in [9.17, 15) is 9.50 Å². The van der Waals surface area contributed by atoms with Gasteiger partial charge in [-0.3, -0.25) is 4.90 Å². The quantitative estimate of drug-likeness (QED) is 0.736. The van der Waals surface area contributed by atoms with E-state index in [2.05, 4.69) is 4.90 Å². The van der Waals surface area contributed by atoms with Crippen LogP contribution in [-0.4, -0.2) is 34.2 Å². The molecule has 5 heteroatoms. The average molecular weight is 376 g/mol. The Labute approximate surface area is 156 Å². The van der Waals surface area contributed by atoms with Gasteiger partial charge in [0.1, 0.15) is 11.6 Å². The van der Waals surface area contributed by atoms with E-state index in [0.29, 0.717) is 11.0 Å². The summed E-state index contributed by atoms with van der Waals surface area (Å²) in [6.45, 7) is 2.38. The summed E-state index contributed by atoms with van der Waals surface area (Å²) in [5, 5.41) is 10.0. The van der Waals surface area contributed by atoms with E-state index in [1.807, 2.05) is 47.8 Å². The van der Waals surface area contributed by atoms with Gasteiger partial charge in [0.15, 0.2) is 0 Å². The maximum atomic E-state index is 13.0. The maximum Gasteiger partial charge on any atom is 0.123 e. The minimum atomic E-state index is -0.158. The van der Waals surface area contributed by atoms with Crippen molar-refractivity contribution in [1.29, 1.82) is 0 Å². The molecule has 25 heavy (non-hydrogen) atoms. The summed E-state index contributed by atoms with van der Waals surface area (Å²) in [5.41, 5.74) is 0. The molecule has 2 fully saturated rings. The van der Waals surface area contributed by atoms with E-state index < -0.39 is 0 Å². The molecular weight excluding hydrogens is 353 g/mol. The third-order valence-corrected chi connectivity index (χ3v) is 7.51. The predicted octanol–water partition coefficient (Wildman–Crippen LogP) is 5.08. The van der Waals surface area contributed by atoms with Crippen LogP contribution in [-0.2, 0) is 0 Å². The lowest BCUT2D eigenvalue weighted by Crippen LogP contribution is -2.22. The molecule has 4 rings (SSSR count). The number of aromatic hydroxyl groups is 1. The number of hydrogen-bond donors (Lipinski definition) is 1. The first kappa shape index (κ1) is 17.3. The monoisotopic (exact) mass is 375 g/mol. The lowest BCUT2D eigenvalue weighted by atomic mass is 10.0. The van der Waals surface area contributed by atoms with Crippen molar-refractivity contribution in [3.8, 4) is 5.75 Å². The van der Waals surface area contributed by atoms with Gasteiger partial charge in [0.05, 0.1) is 0 Å². The molecule has 1 saturated heterocycles. The fourth-order valence-corrected chi connectivity index (χ4v) is 6.19. The van der Waals surface area contributed by atoms with E-state index in [1.54, 1.807) is 24.3 Å². The number of rotatable bonds is 5. The molecule has 2 aliphatic rings. The molecule has 2 nitrogen and oxygen atoms in total. The Bertz CT molecular complexity index is 693. The van der Waals surface area contributed by atoms with E-state index in [-0.39, 0.29) is 5.82 Å². The molecule has 0 radical (unpaired) electrons. The highest BCUT2D eigenvalue weighted by Gasteiger charge is 2.40. The molecule has 1 unspecified atom stereocenters. The fourth-order valence-electron chi connectivity index (χ4n) is 3.96. The number of nitrogens with zero attached hydrogens (tertiary/aromatic N) is 1. The Hall–Kier alpha value is -1.17. The van der Waals surface area contributed by atoms with Crippen LogP contribution >= 0.6 is 23.5 Å². The summed E-state index contributed by atoms with van der Waals surface area (Å²) in [6, 6.07) is 14.4. The molecule has 0 bridgehead atoms. The highest BCUT2D eigenvalue weighted by molar-refractivity contribution is 8.00. The number of benzene rings is 2. The first-order valence-electron chi connectivity index (χ1n) is 8.72. The van der Waals surface area contributed by atoms with Crippen LogP contribution < -0.4 is 0 Å². The molecule has 0 amide bonds. The number of likely N-dealkylation sites (tertiary alicyclic amines) is 1. The molecule has 1 aliphatic carbocycles. The van der Waals surface area contributed by atoms with Crippen molar-refractivity contribution in [1.82, 2.24) is 4.90 Å². The molecule has 1 saturated carbocycles. The van der Waals surface area contributed by atoms with E-state index in [0.717, 1.165) is 17.7 Å². The molecule has 2 aromatic rings. The molecule has 0 aromatic heterocycles. The summed E-state index contributed by atoms with van der Waals surface area (Å²) in [7, 11) is 0. The number of phenolic OH excluding ortho intramolecular Hbond substituents is 1. The van der Waals surface area contributed by atoms with Crippen LogP contribution in [0.1, 0.15) is 12.8 Å². The number of hydrogen-bond acceptors (Lipinski definition) is 4. The van der Waals surface area contributed by atoms with Gasteiger partial charge >= 0.3 is 0 Å². The van der Waals surface area contributed by atoms with Crippen molar-refractivity contribution in [2.45, 2.75) is 27.9 Å². The van der Waals surface area contributed by atoms with Crippen molar-refractivity contribution in [3.05, 3.63) is 54.3 Å². The smallest absolute Gasteiger partial charge is 0.123 e. The van der Waals surface area contributed by atoms with Gasteiger partial charge in [-0.2, -0.15) is 0 Å². The zero-order valence-corrected chi connectivity index (χ0v) is 15.6. The van der Waals surface area contributed by atoms with Gasteiger partial charge in [0.25, 0.3) is 0 Å². The zero-order chi connectivity index (χ0) is 17.2. The number of phenols is 1. The van der Waals surface area contributed by atoms with E-state index in [1.165, 1.54) is 35.7 Å². The van der Waals surface area contributed by atoms with Gasteiger partial charge in [-0.25, -0.2) is 4.39 Å². The van der Waals surface area contributed by atoms with Crippen LogP contribution in [0, 0.1) is 17.7 Å². The molecule has 1 heterocycles. The molecule has 132 valence electrons. The molecule has 1 aliphatic heterocycles. The predicted molar refractivity (Wildman–Crippen MR) is 103 cm³/mol. The van der Waals surface area contributed by atoms with Crippen LogP contribution in [0.4, 0.5) is 4.39 Å². The van der Waals surface area contributed by atoms with Gasteiger partial charge in [-0.05, 0) is 73.2 Å². The highest BCUT2D eigenvalue weighted by atomic mass is 32.2. The van der Waals surface area contributed by atoms with Crippen LogP contribution in [0.5, 0.6) is 5.75 Å². The topological polar surface area (TPSA) is 23.5 Å². The molecule has 0 spiro atoms. The Morgan fingerprint density at radius 1 is 0.920 bits per heavy atom. The largest absolute Gasteiger partial charge is 0.508 e. The van der Waals surface area contributed by atoms with Crippen molar-refractivity contribution in [3.63, 3.8) is 0 Å². The standard InChI is InChI=1S/C20H22FNOS2/c21-16-1-5-19(6-2-16)25-20-9-14-11-22(12-15(14)10-20)13-24-18-7-3-17(23)4-8-18/h1-8,14-15,20,23H,9-13H2/t14-,15+,20?. The van der Waals surface area contributed by atoms with Crippen molar-refractivity contribution < 1.29 is 9.50 Å². The minimum Gasteiger partial charge on any atom is -0.508 e. The lowest BCUT2D eigenvalue weighted by Gasteiger charge is -2.18. The second-order valence-corrected chi connectivity index (χ2v) is 9.38. The summed E-state index contributed by atoms with van der Waals surface area (Å²) in [4.78, 5) is 4.96. The number of halogens is 1. The van der Waals surface area contributed by atoms with Gasteiger partial charge in [-0.15, -0.1) is 23.5 Å². The highest BCUT2D eigenvalue weighted by Crippen LogP contribution is 2.45.